The van der Waals surface area contributed by atoms with Crippen LogP contribution >= 0.6 is 0 Å². The van der Waals surface area contributed by atoms with Gasteiger partial charge in [-0.2, -0.15) is 0 Å². The van der Waals surface area contributed by atoms with E-state index < -0.39 is 11.6 Å². The van der Waals surface area contributed by atoms with E-state index in [9.17, 15) is 13.6 Å². The van der Waals surface area contributed by atoms with Crippen molar-refractivity contribution in [3.63, 3.8) is 0 Å². The zero-order valence-corrected chi connectivity index (χ0v) is 11.1. The molecule has 6 heteroatoms. The highest BCUT2D eigenvalue weighted by Gasteiger charge is 2.23. The van der Waals surface area contributed by atoms with E-state index in [1.807, 2.05) is 0 Å². The molecule has 3 rings (SSSR count). The van der Waals surface area contributed by atoms with Gasteiger partial charge in [-0.1, -0.05) is 0 Å². The molecule has 1 aliphatic rings. The minimum Gasteiger partial charge on any atom is -0.348 e. The molecule has 0 bridgehead atoms. The van der Waals surface area contributed by atoms with E-state index in [1.54, 1.807) is 11.8 Å². The van der Waals surface area contributed by atoms with Gasteiger partial charge in [0, 0.05) is 37.6 Å². The van der Waals surface area contributed by atoms with Gasteiger partial charge < -0.3 is 15.2 Å². The molecule has 0 spiro atoms. The summed E-state index contributed by atoms with van der Waals surface area (Å²) in [6.45, 7) is 4.42. The molecular weight excluding hydrogens is 264 g/mol. The summed E-state index contributed by atoms with van der Waals surface area (Å²) in [7, 11) is 0. The molecule has 0 atom stereocenters. The monoisotopic (exact) mass is 279 g/mol. The molecule has 0 unspecified atom stereocenters. The van der Waals surface area contributed by atoms with Gasteiger partial charge in [0.2, 0.25) is 0 Å². The lowest BCUT2D eigenvalue weighted by Crippen LogP contribution is -2.46. The van der Waals surface area contributed by atoms with Gasteiger partial charge in [0.25, 0.3) is 5.91 Å². The summed E-state index contributed by atoms with van der Waals surface area (Å²) in [5, 5.41) is 3.58. The Labute approximate surface area is 114 Å². The maximum Gasteiger partial charge on any atom is 0.270 e. The van der Waals surface area contributed by atoms with Crippen LogP contribution in [0, 0.1) is 18.6 Å². The van der Waals surface area contributed by atoms with Crippen LogP contribution in [-0.4, -0.2) is 42.0 Å². The van der Waals surface area contributed by atoms with Crippen LogP contribution in [0.4, 0.5) is 8.78 Å². The van der Waals surface area contributed by atoms with Crippen LogP contribution < -0.4 is 5.32 Å². The quantitative estimate of drug-likeness (QED) is 0.836. The Bertz CT molecular complexity index is 675. The Morgan fingerprint density at radius 3 is 2.65 bits per heavy atom. The van der Waals surface area contributed by atoms with Crippen molar-refractivity contribution >= 4 is 16.8 Å². The van der Waals surface area contributed by atoms with Crippen LogP contribution in [0.2, 0.25) is 0 Å². The molecule has 1 aromatic carbocycles. The SMILES string of the molecule is Cc1c(C(=O)N2CCNCC2)[nH]c2c(F)cc(F)cc12. The maximum absolute atomic E-state index is 13.7. The zero-order valence-electron chi connectivity index (χ0n) is 11.1. The van der Waals surface area contributed by atoms with E-state index in [-0.39, 0.29) is 11.4 Å². The molecule has 2 heterocycles. The summed E-state index contributed by atoms with van der Waals surface area (Å²) >= 11 is 0. The average Bonchev–Trinajstić information content (AvgIpc) is 2.77. The number of amides is 1. The van der Waals surface area contributed by atoms with Crippen LogP contribution in [0.1, 0.15) is 16.1 Å². The zero-order chi connectivity index (χ0) is 14.3. The summed E-state index contributed by atoms with van der Waals surface area (Å²) in [5.41, 5.74) is 1.11. The number of rotatable bonds is 1. The van der Waals surface area contributed by atoms with Gasteiger partial charge in [0.05, 0.1) is 5.52 Å². The minimum atomic E-state index is -0.678. The lowest BCUT2D eigenvalue weighted by atomic mass is 10.1. The summed E-state index contributed by atoms with van der Waals surface area (Å²) in [5.74, 6) is -1.49. The summed E-state index contributed by atoms with van der Waals surface area (Å²) < 4.78 is 27.0. The second-order valence-corrected chi connectivity index (χ2v) is 4.98. The molecule has 1 aromatic heterocycles. The van der Waals surface area contributed by atoms with Gasteiger partial charge in [0.15, 0.2) is 0 Å². The second-order valence-electron chi connectivity index (χ2n) is 4.98. The van der Waals surface area contributed by atoms with E-state index in [0.29, 0.717) is 29.7 Å². The van der Waals surface area contributed by atoms with Gasteiger partial charge in [-0.05, 0) is 18.6 Å². The molecule has 0 radical (unpaired) electrons. The number of fused-ring (bicyclic) bond motifs is 1. The van der Waals surface area contributed by atoms with Crippen molar-refractivity contribution in [2.24, 2.45) is 0 Å². The highest BCUT2D eigenvalue weighted by atomic mass is 19.1. The number of aryl methyl sites for hydroxylation is 1. The van der Waals surface area contributed by atoms with E-state index in [4.69, 9.17) is 0 Å². The molecule has 20 heavy (non-hydrogen) atoms. The van der Waals surface area contributed by atoms with Crippen LogP contribution in [0.5, 0.6) is 0 Å². The molecule has 2 aromatic rings. The first-order valence-electron chi connectivity index (χ1n) is 6.55. The minimum absolute atomic E-state index is 0.167. The van der Waals surface area contributed by atoms with E-state index >= 15 is 0 Å². The third-order valence-electron chi connectivity index (χ3n) is 3.70. The summed E-state index contributed by atoms with van der Waals surface area (Å²) in [4.78, 5) is 17.0. The number of halogens is 2. The predicted octanol–water partition coefficient (Wildman–Crippen LogP) is 1.80. The summed E-state index contributed by atoms with van der Waals surface area (Å²) in [6, 6.07) is 2.07. The van der Waals surface area contributed by atoms with Crippen LogP contribution in [0.3, 0.4) is 0 Å². The molecular formula is C14H15F2N3O. The molecule has 106 valence electrons. The molecule has 0 aliphatic carbocycles. The number of piperazine rings is 1. The standard InChI is InChI=1S/C14H15F2N3O/c1-8-10-6-9(15)7-11(16)13(10)18-12(8)14(20)19-4-2-17-3-5-19/h6-7,17-18H,2-5H2,1H3. The van der Waals surface area contributed by atoms with Gasteiger partial charge >= 0.3 is 0 Å². The molecule has 1 amide bonds. The van der Waals surface area contributed by atoms with Crippen LogP contribution in [0.25, 0.3) is 10.9 Å². The van der Waals surface area contributed by atoms with Crippen molar-refractivity contribution in [1.82, 2.24) is 15.2 Å². The Morgan fingerprint density at radius 2 is 1.95 bits per heavy atom. The first-order chi connectivity index (χ1) is 9.58. The Morgan fingerprint density at radius 1 is 1.25 bits per heavy atom. The van der Waals surface area contributed by atoms with Crippen molar-refractivity contribution in [3.8, 4) is 0 Å². The fourth-order valence-electron chi connectivity index (χ4n) is 2.59. The number of H-pyrrole nitrogens is 1. The normalized spacial score (nSPS) is 15.8. The third-order valence-corrected chi connectivity index (χ3v) is 3.70. The second kappa shape index (κ2) is 4.86. The van der Waals surface area contributed by atoms with Crippen molar-refractivity contribution in [2.75, 3.05) is 26.2 Å². The average molecular weight is 279 g/mol. The van der Waals surface area contributed by atoms with Crippen LogP contribution in [-0.2, 0) is 0 Å². The van der Waals surface area contributed by atoms with E-state index in [2.05, 4.69) is 10.3 Å². The molecule has 0 saturated carbocycles. The van der Waals surface area contributed by atoms with Crippen molar-refractivity contribution < 1.29 is 13.6 Å². The number of aromatic amines is 1. The third kappa shape index (κ3) is 2.06. The smallest absolute Gasteiger partial charge is 0.270 e. The number of hydrogen-bond donors (Lipinski definition) is 2. The number of nitrogens with zero attached hydrogens (tertiary/aromatic N) is 1. The highest BCUT2D eigenvalue weighted by molar-refractivity contribution is 6.01. The van der Waals surface area contributed by atoms with E-state index in [1.165, 1.54) is 6.07 Å². The summed E-state index contributed by atoms with van der Waals surface area (Å²) in [6.07, 6.45) is 0. The fourth-order valence-corrected chi connectivity index (χ4v) is 2.59. The fraction of sp³-hybridized carbons (Fsp3) is 0.357. The lowest BCUT2D eigenvalue weighted by molar-refractivity contribution is 0.0730. The molecule has 4 nitrogen and oxygen atoms in total. The van der Waals surface area contributed by atoms with E-state index in [0.717, 1.165) is 19.2 Å². The van der Waals surface area contributed by atoms with Crippen LogP contribution in [0.15, 0.2) is 12.1 Å². The maximum atomic E-state index is 13.7. The number of nitrogens with one attached hydrogen (secondary N) is 2. The topological polar surface area (TPSA) is 48.1 Å². The van der Waals surface area contributed by atoms with Gasteiger partial charge in [-0.25, -0.2) is 8.78 Å². The Balaban J connectivity index is 2.05. The number of carbonyl (C=O) groups excluding carboxylic acids is 1. The number of aromatic nitrogens is 1. The largest absolute Gasteiger partial charge is 0.348 e. The van der Waals surface area contributed by atoms with Crippen molar-refractivity contribution in [3.05, 3.63) is 35.0 Å². The van der Waals surface area contributed by atoms with Crippen molar-refractivity contribution in [2.45, 2.75) is 6.92 Å². The first kappa shape index (κ1) is 13.1. The van der Waals surface area contributed by atoms with Gasteiger partial charge in [-0.15, -0.1) is 0 Å². The highest BCUT2D eigenvalue weighted by Crippen LogP contribution is 2.26. The predicted molar refractivity (Wildman–Crippen MR) is 71.7 cm³/mol. The van der Waals surface area contributed by atoms with Gasteiger partial charge in [0.1, 0.15) is 17.3 Å². The molecule has 1 fully saturated rings. The molecule has 1 aliphatic heterocycles. The first-order valence-corrected chi connectivity index (χ1v) is 6.55. The Kier molecular flexibility index (Phi) is 3.17. The number of hydrogen-bond acceptors (Lipinski definition) is 2. The molecule has 1 saturated heterocycles. The number of carbonyl (C=O) groups is 1. The van der Waals surface area contributed by atoms with Gasteiger partial charge in [-0.3, -0.25) is 4.79 Å². The van der Waals surface area contributed by atoms with Crippen molar-refractivity contribution in [1.29, 1.82) is 0 Å². The molecule has 2 N–H and O–H groups in total. The number of benzene rings is 1. The Hall–Kier alpha value is -1.95. The lowest BCUT2D eigenvalue weighted by Gasteiger charge is -2.27.